The molecule has 1 aliphatic rings. The molecule has 1 aromatic carbocycles. The van der Waals surface area contributed by atoms with Gasteiger partial charge in [0.1, 0.15) is 5.82 Å². The number of benzene rings is 1. The van der Waals surface area contributed by atoms with Crippen molar-refractivity contribution in [3.05, 3.63) is 29.6 Å². The van der Waals surface area contributed by atoms with Crippen molar-refractivity contribution in [3.8, 4) is 0 Å². The third-order valence-corrected chi connectivity index (χ3v) is 3.79. The molecule has 0 aromatic heterocycles. The first-order chi connectivity index (χ1) is 8.63. The van der Waals surface area contributed by atoms with Crippen LogP contribution >= 0.6 is 0 Å². The van der Waals surface area contributed by atoms with Crippen LogP contribution in [-0.4, -0.2) is 19.6 Å². The Morgan fingerprint density at radius 3 is 2.89 bits per heavy atom. The van der Waals surface area contributed by atoms with Crippen molar-refractivity contribution in [3.63, 3.8) is 0 Å². The first-order valence-electron chi connectivity index (χ1n) is 6.83. The first-order valence-corrected chi connectivity index (χ1v) is 6.83. The molecule has 1 heterocycles. The van der Waals surface area contributed by atoms with E-state index < -0.39 is 0 Å². The van der Waals surface area contributed by atoms with Crippen LogP contribution in [0.15, 0.2) is 18.2 Å². The van der Waals surface area contributed by atoms with Crippen LogP contribution in [-0.2, 0) is 6.54 Å². The Labute approximate surface area is 109 Å². The summed E-state index contributed by atoms with van der Waals surface area (Å²) in [5, 5.41) is 3.13. The molecule has 100 valence electrons. The fourth-order valence-electron chi connectivity index (χ4n) is 2.95. The number of halogens is 1. The third-order valence-electron chi connectivity index (χ3n) is 3.79. The van der Waals surface area contributed by atoms with Crippen LogP contribution in [0.4, 0.5) is 10.1 Å². The number of hydrogen-bond donors (Lipinski definition) is 1. The largest absolute Gasteiger partial charge is 0.368 e. The number of nitrogens with one attached hydrogen (secondary N) is 1. The minimum atomic E-state index is -0.149. The van der Waals surface area contributed by atoms with Gasteiger partial charge in [0.05, 0.1) is 0 Å². The van der Waals surface area contributed by atoms with Crippen LogP contribution in [0.25, 0.3) is 0 Å². The van der Waals surface area contributed by atoms with Crippen LogP contribution in [0, 0.1) is 11.7 Å². The van der Waals surface area contributed by atoms with Gasteiger partial charge in [-0.25, -0.2) is 4.39 Å². The first kappa shape index (κ1) is 13.3. The molecule has 0 aliphatic carbocycles. The predicted molar refractivity (Wildman–Crippen MR) is 74.4 cm³/mol. The fraction of sp³-hybridized carbons (Fsp3) is 0.600. The van der Waals surface area contributed by atoms with E-state index in [0.717, 1.165) is 12.1 Å². The topological polar surface area (TPSA) is 15.3 Å². The number of anilines is 1. The molecule has 1 atom stereocenters. The van der Waals surface area contributed by atoms with Gasteiger partial charge in [0.15, 0.2) is 0 Å². The molecule has 1 N–H and O–H groups in total. The van der Waals surface area contributed by atoms with E-state index in [-0.39, 0.29) is 5.82 Å². The van der Waals surface area contributed by atoms with E-state index >= 15 is 0 Å². The highest BCUT2D eigenvalue weighted by Gasteiger charge is 2.28. The van der Waals surface area contributed by atoms with E-state index in [0.29, 0.717) is 18.5 Å². The van der Waals surface area contributed by atoms with Crippen molar-refractivity contribution in [2.24, 2.45) is 5.92 Å². The second-order valence-electron chi connectivity index (χ2n) is 5.45. The van der Waals surface area contributed by atoms with Crippen molar-refractivity contribution < 1.29 is 4.39 Å². The van der Waals surface area contributed by atoms with Gasteiger partial charge in [-0.3, -0.25) is 0 Å². The molecule has 2 rings (SSSR count). The maximum atomic E-state index is 13.4. The Balaban J connectivity index is 2.31. The van der Waals surface area contributed by atoms with Crippen LogP contribution in [0.3, 0.4) is 0 Å². The molecular weight excluding hydrogens is 227 g/mol. The second kappa shape index (κ2) is 5.70. The maximum absolute atomic E-state index is 13.4. The predicted octanol–water partition coefficient (Wildman–Crippen LogP) is 3.17. The zero-order valence-electron chi connectivity index (χ0n) is 11.5. The number of nitrogens with zero attached hydrogens (tertiary/aromatic N) is 1. The van der Waals surface area contributed by atoms with Gasteiger partial charge in [-0.2, -0.15) is 0 Å². The lowest BCUT2D eigenvalue weighted by Gasteiger charge is -2.31. The Hall–Kier alpha value is -1.09. The van der Waals surface area contributed by atoms with Gasteiger partial charge in [0.2, 0.25) is 0 Å². The third kappa shape index (κ3) is 2.66. The highest BCUT2D eigenvalue weighted by Crippen LogP contribution is 2.32. The molecule has 0 amide bonds. The summed E-state index contributed by atoms with van der Waals surface area (Å²) < 4.78 is 13.4. The van der Waals surface area contributed by atoms with Crippen molar-refractivity contribution >= 4 is 5.69 Å². The summed E-state index contributed by atoms with van der Waals surface area (Å²) in [5.74, 6) is 0.490. The smallest absolute Gasteiger partial charge is 0.123 e. The normalized spacial score (nSPS) is 19.8. The lowest BCUT2D eigenvalue weighted by Crippen LogP contribution is -2.34. The zero-order chi connectivity index (χ0) is 13.1. The molecule has 1 fully saturated rings. The van der Waals surface area contributed by atoms with Gasteiger partial charge in [-0.05, 0) is 49.6 Å². The Bertz CT molecular complexity index is 403. The Morgan fingerprint density at radius 1 is 1.44 bits per heavy atom. The molecule has 2 nitrogen and oxygen atoms in total. The van der Waals surface area contributed by atoms with Crippen LogP contribution < -0.4 is 10.2 Å². The highest BCUT2D eigenvalue weighted by atomic mass is 19.1. The Morgan fingerprint density at radius 2 is 2.22 bits per heavy atom. The second-order valence-corrected chi connectivity index (χ2v) is 5.45. The number of rotatable bonds is 4. The molecule has 3 heteroatoms. The van der Waals surface area contributed by atoms with Crippen molar-refractivity contribution in [2.45, 2.75) is 39.3 Å². The van der Waals surface area contributed by atoms with Gasteiger partial charge in [-0.15, -0.1) is 0 Å². The SMILES string of the molecule is CNCc1cc(F)ccc1N1CCCC1C(C)C. The van der Waals surface area contributed by atoms with Crippen molar-refractivity contribution in [1.29, 1.82) is 0 Å². The molecule has 1 saturated heterocycles. The molecule has 1 aromatic rings. The summed E-state index contributed by atoms with van der Waals surface area (Å²) in [6.45, 7) is 6.34. The Kier molecular flexibility index (Phi) is 4.23. The summed E-state index contributed by atoms with van der Waals surface area (Å²) in [6.07, 6.45) is 2.48. The summed E-state index contributed by atoms with van der Waals surface area (Å²) in [4.78, 5) is 2.46. The van der Waals surface area contributed by atoms with Gasteiger partial charge < -0.3 is 10.2 Å². The van der Waals surface area contributed by atoms with Crippen molar-refractivity contribution in [1.82, 2.24) is 5.32 Å². The molecule has 0 bridgehead atoms. The molecule has 0 radical (unpaired) electrons. The number of hydrogen-bond acceptors (Lipinski definition) is 2. The fourth-order valence-corrected chi connectivity index (χ4v) is 2.95. The van der Waals surface area contributed by atoms with E-state index in [1.54, 1.807) is 12.1 Å². The molecule has 0 saturated carbocycles. The summed E-state index contributed by atoms with van der Waals surface area (Å²) in [7, 11) is 1.90. The highest BCUT2D eigenvalue weighted by molar-refractivity contribution is 5.55. The average molecular weight is 250 g/mol. The van der Waals surface area contributed by atoms with Crippen LogP contribution in [0.5, 0.6) is 0 Å². The minimum Gasteiger partial charge on any atom is -0.368 e. The van der Waals surface area contributed by atoms with Gasteiger partial charge in [0.25, 0.3) is 0 Å². The van der Waals surface area contributed by atoms with Gasteiger partial charge in [0, 0.05) is 24.8 Å². The lowest BCUT2D eigenvalue weighted by molar-refractivity contribution is 0.490. The summed E-state index contributed by atoms with van der Waals surface area (Å²) in [5.41, 5.74) is 2.26. The van der Waals surface area contributed by atoms with Crippen LogP contribution in [0.1, 0.15) is 32.3 Å². The van der Waals surface area contributed by atoms with Crippen molar-refractivity contribution in [2.75, 3.05) is 18.5 Å². The standard InChI is InChI=1S/C15H23FN2/c1-11(2)14-5-4-8-18(14)15-7-6-13(16)9-12(15)10-17-3/h6-7,9,11,14,17H,4-5,8,10H2,1-3H3. The zero-order valence-corrected chi connectivity index (χ0v) is 11.5. The van der Waals surface area contributed by atoms with E-state index in [1.165, 1.54) is 18.5 Å². The van der Waals surface area contributed by atoms with Gasteiger partial charge in [-0.1, -0.05) is 13.8 Å². The maximum Gasteiger partial charge on any atom is 0.123 e. The van der Waals surface area contributed by atoms with E-state index in [1.807, 2.05) is 13.1 Å². The van der Waals surface area contributed by atoms with Crippen LogP contribution in [0.2, 0.25) is 0 Å². The summed E-state index contributed by atoms with van der Waals surface area (Å²) in [6, 6.07) is 5.75. The lowest BCUT2D eigenvalue weighted by atomic mass is 10.0. The van der Waals surface area contributed by atoms with Gasteiger partial charge >= 0.3 is 0 Å². The molecule has 18 heavy (non-hydrogen) atoms. The van der Waals surface area contributed by atoms with E-state index in [2.05, 4.69) is 24.1 Å². The van der Waals surface area contributed by atoms with E-state index in [4.69, 9.17) is 0 Å². The molecule has 0 spiro atoms. The molecule has 1 aliphatic heterocycles. The quantitative estimate of drug-likeness (QED) is 0.883. The molecule has 1 unspecified atom stereocenters. The monoisotopic (exact) mass is 250 g/mol. The minimum absolute atomic E-state index is 0.149. The molecular formula is C15H23FN2. The summed E-state index contributed by atoms with van der Waals surface area (Å²) >= 11 is 0. The van der Waals surface area contributed by atoms with E-state index in [9.17, 15) is 4.39 Å². The average Bonchev–Trinajstić information content (AvgIpc) is 2.78.